The van der Waals surface area contributed by atoms with Crippen LogP contribution in [0.1, 0.15) is 40.5 Å². The van der Waals surface area contributed by atoms with Crippen LogP contribution in [0.4, 0.5) is 0 Å². The number of nitrogens with one attached hydrogen (secondary N) is 2. The second-order valence-electron chi connectivity index (χ2n) is 5.40. The Labute approximate surface area is 99.4 Å². The Morgan fingerprint density at radius 2 is 2.12 bits per heavy atom. The van der Waals surface area contributed by atoms with Gasteiger partial charge in [0.2, 0.25) is 5.91 Å². The molecule has 1 amide bonds. The van der Waals surface area contributed by atoms with E-state index in [1.54, 1.807) is 0 Å². The lowest BCUT2D eigenvalue weighted by atomic mass is 9.95. The summed E-state index contributed by atoms with van der Waals surface area (Å²) in [4.78, 5) is 12.0. The molecule has 1 aliphatic rings. The first kappa shape index (κ1) is 13.5. The lowest BCUT2D eigenvalue weighted by molar-refractivity contribution is -0.126. The van der Waals surface area contributed by atoms with Crippen molar-refractivity contribution in [2.75, 3.05) is 13.1 Å². The maximum absolute atomic E-state index is 12.0. The summed E-state index contributed by atoms with van der Waals surface area (Å²) in [5.41, 5.74) is 0. The van der Waals surface area contributed by atoms with Crippen molar-refractivity contribution in [2.24, 2.45) is 17.8 Å². The van der Waals surface area contributed by atoms with Gasteiger partial charge in [0.25, 0.3) is 0 Å². The van der Waals surface area contributed by atoms with Gasteiger partial charge < -0.3 is 10.6 Å². The van der Waals surface area contributed by atoms with E-state index in [4.69, 9.17) is 0 Å². The molecular formula is C13H26N2O. The minimum Gasteiger partial charge on any atom is -0.353 e. The van der Waals surface area contributed by atoms with E-state index in [1.807, 2.05) is 0 Å². The molecule has 0 aromatic rings. The van der Waals surface area contributed by atoms with Gasteiger partial charge in [-0.1, -0.05) is 27.2 Å². The molecule has 3 heteroatoms. The topological polar surface area (TPSA) is 41.1 Å². The molecule has 0 aromatic heterocycles. The standard InChI is InChI=1S/C13H26N2O/c1-5-9(2)6-11(4)15-13(16)12-8-14-7-10(12)3/h9-12,14H,5-8H2,1-4H3,(H,15,16)/t9?,10-,11?,12-/m1/s1. The zero-order valence-electron chi connectivity index (χ0n) is 11.0. The fourth-order valence-corrected chi connectivity index (χ4v) is 2.34. The highest BCUT2D eigenvalue weighted by atomic mass is 16.2. The lowest BCUT2D eigenvalue weighted by Gasteiger charge is -2.21. The molecule has 1 aliphatic heterocycles. The van der Waals surface area contributed by atoms with Crippen molar-refractivity contribution in [1.29, 1.82) is 0 Å². The third-order valence-corrected chi connectivity index (χ3v) is 3.70. The quantitative estimate of drug-likeness (QED) is 0.750. The molecule has 0 aromatic carbocycles. The van der Waals surface area contributed by atoms with Crippen molar-refractivity contribution < 1.29 is 4.79 Å². The van der Waals surface area contributed by atoms with E-state index in [0.29, 0.717) is 17.9 Å². The highest BCUT2D eigenvalue weighted by Crippen LogP contribution is 2.17. The van der Waals surface area contributed by atoms with E-state index in [0.717, 1.165) is 19.5 Å². The molecule has 1 heterocycles. The second-order valence-corrected chi connectivity index (χ2v) is 5.40. The lowest BCUT2D eigenvalue weighted by Crippen LogP contribution is -2.40. The average molecular weight is 226 g/mol. The van der Waals surface area contributed by atoms with Gasteiger partial charge in [-0.25, -0.2) is 0 Å². The third kappa shape index (κ3) is 3.78. The molecule has 1 fully saturated rings. The van der Waals surface area contributed by atoms with Gasteiger partial charge >= 0.3 is 0 Å². The SMILES string of the molecule is CCC(C)CC(C)NC(=O)[C@@H]1CNC[C@H]1C. The first-order valence-electron chi connectivity index (χ1n) is 6.55. The van der Waals surface area contributed by atoms with Crippen LogP contribution in [0.15, 0.2) is 0 Å². The normalized spacial score (nSPS) is 28.8. The Kier molecular flexibility index (Phi) is 5.26. The molecule has 0 saturated carbocycles. The van der Waals surface area contributed by atoms with Crippen LogP contribution in [-0.2, 0) is 4.79 Å². The molecule has 4 atom stereocenters. The summed E-state index contributed by atoms with van der Waals surface area (Å²) in [7, 11) is 0. The number of rotatable bonds is 5. The number of amides is 1. The van der Waals surface area contributed by atoms with Crippen LogP contribution in [0.2, 0.25) is 0 Å². The summed E-state index contributed by atoms with van der Waals surface area (Å²) >= 11 is 0. The van der Waals surface area contributed by atoms with E-state index >= 15 is 0 Å². The smallest absolute Gasteiger partial charge is 0.224 e. The molecule has 1 saturated heterocycles. The molecule has 3 nitrogen and oxygen atoms in total. The van der Waals surface area contributed by atoms with Crippen LogP contribution in [0.5, 0.6) is 0 Å². The van der Waals surface area contributed by atoms with Crippen molar-refractivity contribution in [3.8, 4) is 0 Å². The summed E-state index contributed by atoms with van der Waals surface area (Å²) in [6.45, 7) is 10.5. The third-order valence-electron chi connectivity index (χ3n) is 3.70. The first-order chi connectivity index (χ1) is 7.54. The predicted octanol–water partition coefficient (Wildman–Crippen LogP) is 1.78. The van der Waals surface area contributed by atoms with Gasteiger partial charge in [0.1, 0.15) is 0 Å². The van der Waals surface area contributed by atoms with Crippen LogP contribution in [-0.4, -0.2) is 25.0 Å². The number of hydrogen-bond acceptors (Lipinski definition) is 2. The van der Waals surface area contributed by atoms with Gasteiger partial charge in [-0.05, 0) is 31.7 Å². The highest BCUT2D eigenvalue weighted by molar-refractivity contribution is 5.79. The van der Waals surface area contributed by atoms with E-state index in [1.165, 1.54) is 6.42 Å². The Balaban J connectivity index is 2.33. The maximum atomic E-state index is 12.0. The highest BCUT2D eigenvalue weighted by Gasteiger charge is 2.30. The summed E-state index contributed by atoms with van der Waals surface area (Å²) in [6, 6.07) is 0.301. The molecule has 0 bridgehead atoms. The molecule has 1 rings (SSSR count). The van der Waals surface area contributed by atoms with E-state index in [-0.39, 0.29) is 11.8 Å². The van der Waals surface area contributed by atoms with Crippen molar-refractivity contribution in [3.05, 3.63) is 0 Å². The molecule has 0 spiro atoms. The van der Waals surface area contributed by atoms with Crippen LogP contribution in [0.3, 0.4) is 0 Å². The van der Waals surface area contributed by atoms with Crippen LogP contribution < -0.4 is 10.6 Å². The molecule has 16 heavy (non-hydrogen) atoms. The maximum Gasteiger partial charge on any atom is 0.224 e. The number of hydrogen-bond donors (Lipinski definition) is 2. The summed E-state index contributed by atoms with van der Waals surface area (Å²) in [5.74, 6) is 1.55. The average Bonchev–Trinajstić information content (AvgIpc) is 2.63. The van der Waals surface area contributed by atoms with Crippen LogP contribution in [0, 0.1) is 17.8 Å². The molecule has 0 radical (unpaired) electrons. The largest absolute Gasteiger partial charge is 0.353 e. The van der Waals surface area contributed by atoms with Gasteiger partial charge in [-0.3, -0.25) is 4.79 Å². The molecular weight excluding hydrogens is 200 g/mol. The van der Waals surface area contributed by atoms with Crippen molar-refractivity contribution in [1.82, 2.24) is 10.6 Å². The first-order valence-corrected chi connectivity index (χ1v) is 6.55. The summed E-state index contributed by atoms with van der Waals surface area (Å²) < 4.78 is 0. The molecule has 0 aliphatic carbocycles. The zero-order chi connectivity index (χ0) is 12.1. The van der Waals surface area contributed by atoms with Crippen LogP contribution in [0.25, 0.3) is 0 Å². The Morgan fingerprint density at radius 3 is 2.62 bits per heavy atom. The Bertz CT molecular complexity index is 230. The molecule has 2 N–H and O–H groups in total. The van der Waals surface area contributed by atoms with E-state index < -0.39 is 0 Å². The van der Waals surface area contributed by atoms with Crippen molar-refractivity contribution >= 4 is 5.91 Å². The summed E-state index contributed by atoms with van der Waals surface area (Å²) in [6.07, 6.45) is 2.26. The van der Waals surface area contributed by atoms with Crippen molar-refractivity contribution in [2.45, 2.75) is 46.6 Å². The minimum absolute atomic E-state index is 0.166. The molecule has 2 unspecified atom stereocenters. The minimum atomic E-state index is 0.166. The van der Waals surface area contributed by atoms with Crippen molar-refractivity contribution in [3.63, 3.8) is 0 Å². The van der Waals surface area contributed by atoms with Gasteiger partial charge in [0.05, 0.1) is 5.92 Å². The van der Waals surface area contributed by atoms with Gasteiger partial charge in [0, 0.05) is 12.6 Å². The van der Waals surface area contributed by atoms with Gasteiger partial charge in [-0.15, -0.1) is 0 Å². The number of carbonyl (C=O) groups excluding carboxylic acids is 1. The van der Waals surface area contributed by atoms with Gasteiger partial charge in [0.15, 0.2) is 0 Å². The Morgan fingerprint density at radius 1 is 1.44 bits per heavy atom. The fraction of sp³-hybridized carbons (Fsp3) is 0.923. The monoisotopic (exact) mass is 226 g/mol. The van der Waals surface area contributed by atoms with Gasteiger partial charge in [-0.2, -0.15) is 0 Å². The molecule has 94 valence electrons. The predicted molar refractivity (Wildman–Crippen MR) is 67.2 cm³/mol. The fourth-order valence-electron chi connectivity index (χ4n) is 2.34. The Hall–Kier alpha value is -0.570. The number of carbonyl (C=O) groups is 1. The summed E-state index contributed by atoms with van der Waals surface area (Å²) in [5, 5.41) is 6.41. The van der Waals surface area contributed by atoms with E-state index in [2.05, 4.69) is 38.3 Å². The van der Waals surface area contributed by atoms with Crippen LogP contribution >= 0.6 is 0 Å². The second kappa shape index (κ2) is 6.24. The van der Waals surface area contributed by atoms with E-state index in [9.17, 15) is 4.79 Å². The zero-order valence-corrected chi connectivity index (χ0v) is 11.0.